The Morgan fingerprint density at radius 3 is 2.85 bits per heavy atom. The summed E-state index contributed by atoms with van der Waals surface area (Å²) < 4.78 is 14.5. The van der Waals surface area contributed by atoms with Gasteiger partial charge in [0.15, 0.2) is 0 Å². The van der Waals surface area contributed by atoms with Gasteiger partial charge in [0.2, 0.25) is 11.7 Å². The molecule has 0 fully saturated rings. The number of aryl methyl sites for hydroxylation is 1. The Morgan fingerprint density at radius 1 is 1.35 bits per heavy atom. The molecule has 2 aromatic carbocycles. The number of nitrogens with one attached hydrogen (secondary N) is 1. The Hall–Kier alpha value is -3.62. The number of amides is 1. The molecule has 0 atom stereocenters. The zero-order valence-electron chi connectivity index (χ0n) is 13.6. The molecule has 0 aliphatic heterocycles. The van der Waals surface area contributed by atoms with Crippen molar-refractivity contribution in [3.05, 3.63) is 74.6 Å². The highest BCUT2D eigenvalue weighted by molar-refractivity contribution is 5.91. The van der Waals surface area contributed by atoms with Gasteiger partial charge in [-0.3, -0.25) is 24.3 Å². The zero-order chi connectivity index (χ0) is 18.8. The number of para-hydroxylation sites is 1. The van der Waals surface area contributed by atoms with E-state index in [2.05, 4.69) is 10.3 Å². The highest BCUT2D eigenvalue weighted by atomic mass is 19.1. The fourth-order valence-electron chi connectivity index (χ4n) is 2.54. The van der Waals surface area contributed by atoms with Crippen LogP contribution >= 0.6 is 0 Å². The number of aromatic nitrogens is 2. The fraction of sp³-hybridized carbons (Fsp3) is 0.118. The van der Waals surface area contributed by atoms with E-state index in [-0.39, 0.29) is 17.8 Å². The molecule has 0 saturated heterocycles. The summed E-state index contributed by atoms with van der Waals surface area (Å²) >= 11 is 0. The molecule has 0 radical (unpaired) electrons. The monoisotopic (exact) mass is 356 g/mol. The number of nitrogens with zero attached hydrogens (tertiary/aromatic N) is 3. The molecule has 0 bridgehead atoms. The number of rotatable bonds is 4. The SMILES string of the molecule is Cc1cccc2c(=O)n(CC(=O)Nc3ccc(F)c([N+](=O)[O-])c3)cnc12. The molecule has 26 heavy (non-hydrogen) atoms. The normalized spacial score (nSPS) is 10.7. The molecule has 3 rings (SSSR count). The minimum atomic E-state index is -1.00. The maximum atomic E-state index is 13.3. The van der Waals surface area contributed by atoms with Crippen LogP contribution in [-0.2, 0) is 11.3 Å². The van der Waals surface area contributed by atoms with E-state index in [1.165, 1.54) is 12.4 Å². The summed E-state index contributed by atoms with van der Waals surface area (Å²) in [5, 5.41) is 13.5. The van der Waals surface area contributed by atoms with Gasteiger partial charge in [0.25, 0.3) is 5.56 Å². The number of anilines is 1. The van der Waals surface area contributed by atoms with E-state index in [1.54, 1.807) is 12.1 Å². The van der Waals surface area contributed by atoms with Crippen LogP contribution in [0.4, 0.5) is 15.8 Å². The van der Waals surface area contributed by atoms with Gasteiger partial charge in [0.05, 0.1) is 22.2 Å². The van der Waals surface area contributed by atoms with Crippen molar-refractivity contribution >= 4 is 28.2 Å². The van der Waals surface area contributed by atoms with E-state index in [1.807, 2.05) is 13.0 Å². The quantitative estimate of drug-likeness (QED) is 0.570. The van der Waals surface area contributed by atoms with E-state index < -0.39 is 22.3 Å². The lowest BCUT2D eigenvalue weighted by Gasteiger charge is -2.09. The predicted molar refractivity (Wildman–Crippen MR) is 92.4 cm³/mol. The molecule has 0 aliphatic carbocycles. The van der Waals surface area contributed by atoms with Crippen LogP contribution in [-0.4, -0.2) is 20.4 Å². The average molecular weight is 356 g/mol. The van der Waals surface area contributed by atoms with E-state index in [0.717, 1.165) is 22.3 Å². The molecule has 0 aliphatic rings. The van der Waals surface area contributed by atoms with Gasteiger partial charge in [-0.25, -0.2) is 4.98 Å². The Labute approximate surface area is 146 Å². The summed E-state index contributed by atoms with van der Waals surface area (Å²) in [4.78, 5) is 38.7. The number of fused-ring (bicyclic) bond motifs is 1. The molecule has 1 amide bonds. The largest absolute Gasteiger partial charge is 0.324 e. The van der Waals surface area contributed by atoms with E-state index in [0.29, 0.717) is 10.9 Å². The molecular formula is C17H13FN4O4. The van der Waals surface area contributed by atoms with Crippen molar-refractivity contribution in [3.8, 4) is 0 Å². The van der Waals surface area contributed by atoms with Crippen molar-refractivity contribution in [2.24, 2.45) is 0 Å². The van der Waals surface area contributed by atoms with Crippen LogP contribution in [0.3, 0.4) is 0 Å². The van der Waals surface area contributed by atoms with E-state index >= 15 is 0 Å². The highest BCUT2D eigenvalue weighted by Gasteiger charge is 2.16. The second-order valence-corrected chi connectivity index (χ2v) is 5.62. The van der Waals surface area contributed by atoms with Crippen LogP contribution in [0.5, 0.6) is 0 Å². The van der Waals surface area contributed by atoms with Gasteiger partial charge in [-0.2, -0.15) is 4.39 Å². The van der Waals surface area contributed by atoms with Gasteiger partial charge in [0, 0.05) is 11.8 Å². The van der Waals surface area contributed by atoms with E-state index in [4.69, 9.17) is 0 Å². The van der Waals surface area contributed by atoms with Crippen LogP contribution in [0.15, 0.2) is 47.5 Å². The first kappa shape index (κ1) is 17.2. The number of nitro benzene ring substituents is 1. The third-order valence-electron chi connectivity index (χ3n) is 3.80. The summed E-state index contributed by atoms with van der Waals surface area (Å²) in [7, 11) is 0. The molecule has 9 heteroatoms. The summed E-state index contributed by atoms with van der Waals surface area (Å²) in [6.45, 7) is 1.49. The van der Waals surface area contributed by atoms with Crippen molar-refractivity contribution in [3.63, 3.8) is 0 Å². The number of hydrogen-bond acceptors (Lipinski definition) is 5. The van der Waals surface area contributed by atoms with Gasteiger partial charge in [0.1, 0.15) is 6.54 Å². The van der Waals surface area contributed by atoms with Crippen LogP contribution in [0.1, 0.15) is 5.56 Å². The maximum absolute atomic E-state index is 13.3. The van der Waals surface area contributed by atoms with Gasteiger partial charge in [-0.1, -0.05) is 12.1 Å². The van der Waals surface area contributed by atoms with Crippen molar-refractivity contribution < 1.29 is 14.1 Å². The summed E-state index contributed by atoms with van der Waals surface area (Å²) in [6, 6.07) is 8.18. The second-order valence-electron chi connectivity index (χ2n) is 5.62. The zero-order valence-corrected chi connectivity index (χ0v) is 13.6. The lowest BCUT2D eigenvalue weighted by Crippen LogP contribution is -2.28. The number of benzene rings is 2. The molecule has 0 spiro atoms. The molecule has 1 aromatic heterocycles. The maximum Gasteiger partial charge on any atom is 0.306 e. The van der Waals surface area contributed by atoms with Crippen molar-refractivity contribution in [1.82, 2.24) is 9.55 Å². The highest BCUT2D eigenvalue weighted by Crippen LogP contribution is 2.21. The third-order valence-corrected chi connectivity index (χ3v) is 3.80. The Bertz CT molecular complexity index is 1090. The van der Waals surface area contributed by atoms with Gasteiger partial charge >= 0.3 is 5.69 Å². The smallest absolute Gasteiger partial charge is 0.306 e. The minimum absolute atomic E-state index is 0.0562. The number of hydrogen-bond donors (Lipinski definition) is 1. The fourth-order valence-corrected chi connectivity index (χ4v) is 2.54. The van der Waals surface area contributed by atoms with Gasteiger partial charge in [-0.15, -0.1) is 0 Å². The molecule has 8 nitrogen and oxygen atoms in total. The Balaban J connectivity index is 1.84. The summed E-state index contributed by atoms with van der Waals surface area (Å²) in [5.41, 5.74) is 0.334. The molecule has 1 heterocycles. The summed E-state index contributed by atoms with van der Waals surface area (Å²) in [5.74, 6) is -1.60. The molecular weight excluding hydrogens is 343 g/mol. The number of halogens is 1. The first-order valence-corrected chi connectivity index (χ1v) is 7.55. The standard InChI is InChI=1S/C17H13FN4O4/c1-10-3-2-4-12-16(10)19-9-21(17(12)24)8-15(23)20-11-5-6-13(18)14(7-11)22(25)26/h2-7,9H,8H2,1H3,(H,20,23). The van der Waals surface area contributed by atoms with Crippen molar-refractivity contribution in [2.75, 3.05) is 5.32 Å². The van der Waals surface area contributed by atoms with Crippen molar-refractivity contribution in [2.45, 2.75) is 13.5 Å². The third kappa shape index (κ3) is 3.27. The topological polar surface area (TPSA) is 107 Å². The molecule has 132 valence electrons. The molecule has 0 unspecified atom stereocenters. The first-order valence-electron chi connectivity index (χ1n) is 7.55. The number of nitro groups is 1. The van der Waals surface area contributed by atoms with Crippen LogP contribution < -0.4 is 10.9 Å². The van der Waals surface area contributed by atoms with Gasteiger partial charge < -0.3 is 5.32 Å². The summed E-state index contributed by atoms with van der Waals surface area (Å²) in [6.07, 6.45) is 1.27. The van der Waals surface area contributed by atoms with Gasteiger partial charge in [-0.05, 0) is 30.7 Å². The molecule has 3 aromatic rings. The second kappa shape index (κ2) is 6.71. The van der Waals surface area contributed by atoms with Crippen LogP contribution in [0, 0.1) is 22.9 Å². The predicted octanol–water partition coefficient (Wildman–Crippen LogP) is 2.39. The Morgan fingerprint density at radius 2 is 2.12 bits per heavy atom. The lowest BCUT2D eigenvalue weighted by molar-refractivity contribution is -0.387. The Kier molecular flexibility index (Phi) is 4.44. The number of carbonyl (C=O) groups excluding carboxylic acids is 1. The van der Waals surface area contributed by atoms with Crippen LogP contribution in [0.25, 0.3) is 10.9 Å². The average Bonchev–Trinajstić information content (AvgIpc) is 2.59. The van der Waals surface area contributed by atoms with Crippen LogP contribution in [0.2, 0.25) is 0 Å². The minimum Gasteiger partial charge on any atom is -0.324 e. The van der Waals surface area contributed by atoms with Crippen molar-refractivity contribution in [1.29, 1.82) is 0 Å². The first-order chi connectivity index (χ1) is 12.4. The molecule has 0 saturated carbocycles. The van der Waals surface area contributed by atoms with E-state index in [9.17, 15) is 24.1 Å². The lowest BCUT2D eigenvalue weighted by atomic mass is 10.1. The molecule has 1 N–H and O–H groups in total. The number of carbonyl (C=O) groups is 1.